The van der Waals surface area contributed by atoms with Gasteiger partial charge in [0.2, 0.25) is 0 Å². The maximum Gasteiger partial charge on any atom is 0.288 e. The average molecular weight is 639 g/mol. The SMILES string of the molecule is CCCCCCCCCCCCSc1c(C(C)(C)C)[nH]n2nc(-c3ccc(NC(=O)c4ccc(Cl)c([N+](=O)[O-])c4)cc3)nc12. The van der Waals surface area contributed by atoms with Crippen LogP contribution in [-0.4, -0.2) is 36.4 Å². The topological polar surface area (TPSA) is 118 Å². The van der Waals surface area contributed by atoms with E-state index in [2.05, 4.69) is 38.1 Å². The Morgan fingerprint density at radius 3 is 2.25 bits per heavy atom. The molecule has 0 spiro atoms. The third-order valence-electron chi connectivity index (χ3n) is 7.56. The van der Waals surface area contributed by atoms with Crippen molar-refractivity contribution in [3.05, 3.63) is 68.9 Å². The van der Waals surface area contributed by atoms with Crippen LogP contribution in [0.5, 0.6) is 0 Å². The number of hydrogen-bond donors (Lipinski definition) is 2. The quantitative estimate of drug-likeness (QED) is 0.0545. The molecule has 0 atom stereocenters. The number of hydrogen-bond acceptors (Lipinski definition) is 6. The molecule has 2 aromatic carbocycles. The fraction of sp³-hybridized carbons (Fsp3) is 0.485. The van der Waals surface area contributed by atoms with Crippen LogP contribution >= 0.6 is 23.4 Å². The van der Waals surface area contributed by atoms with Crippen LogP contribution in [0.15, 0.2) is 47.4 Å². The van der Waals surface area contributed by atoms with Crippen molar-refractivity contribution in [2.45, 2.75) is 102 Å². The highest BCUT2D eigenvalue weighted by molar-refractivity contribution is 7.99. The Bertz CT molecular complexity index is 1560. The predicted molar refractivity (Wildman–Crippen MR) is 180 cm³/mol. The second-order valence-corrected chi connectivity index (χ2v) is 13.7. The Balaban J connectivity index is 1.37. The number of rotatable bonds is 16. The summed E-state index contributed by atoms with van der Waals surface area (Å²) in [5, 5.41) is 22.1. The lowest BCUT2D eigenvalue weighted by molar-refractivity contribution is -0.384. The minimum atomic E-state index is -0.612. The Labute approximate surface area is 268 Å². The number of carbonyl (C=O) groups excluding carboxylic acids is 1. The molecule has 11 heteroatoms. The monoisotopic (exact) mass is 638 g/mol. The van der Waals surface area contributed by atoms with E-state index in [1.165, 1.54) is 82.4 Å². The lowest BCUT2D eigenvalue weighted by atomic mass is 9.92. The van der Waals surface area contributed by atoms with E-state index < -0.39 is 10.8 Å². The van der Waals surface area contributed by atoms with Crippen LogP contribution in [0.1, 0.15) is 108 Å². The van der Waals surface area contributed by atoms with Gasteiger partial charge in [-0.1, -0.05) is 97.1 Å². The Morgan fingerprint density at radius 2 is 1.64 bits per heavy atom. The molecule has 1 amide bonds. The van der Waals surface area contributed by atoms with Gasteiger partial charge in [-0.2, -0.15) is 4.63 Å². The molecule has 44 heavy (non-hydrogen) atoms. The highest BCUT2D eigenvalue weighted by Gasteiger charge is 2.26. The van der Waals surface area contributed by atoms with E-state index in [1.807, 2.05) is 23.9 Å². The summed E-state index contributed by atoms with van der Waals surface area (Å²) in [6.07, 6.45) is 13.2. The minimum Gasteiger partial charge on any atom is -0.322 e. The Morgan fingerprint density at radius 1 is 1.00 bits per heavy atom. The van der Waals surface area contributed by atoms with Crippen molar-refractivity contribution in [3.63, 3.8) is 0 Å². The molecule has 0 radical (unpaired) electrons. The molecule has 0 bridgehead atoms. The molecule has 0 fully saturated rings. The van der Waals surface area contributed by atoms with Crippen LogP contribution in [0.2, 0.25) is 5.02 Å². The summed E-state index contributed by atoms with van der Waals surface area (Å²) in [4.78, 5) is 29.3. The van der Waals surface area contributed by atoms with Gasteiger partial charge in [0.1, 0.15) is 5.02 Å². The number of thioether (sulfide) groups is 1. The van der Waals surface area contributed by atoms with E-state index in [0.717, 1.165) is 27.6 Å². The lowest BCUT2D eigenvalue weighted by Gasteiger charge is -2.18. The first-order valence-electron chi connectivity index (χ1n) is 15.6. The van der Waals surface area contributed by atoms with E-state index in [0.29, 0.717) is 11.5 Å². The van der Waals surface area contributed by atoms with Gasteiger partial charge in [0, 0.05) is 28.3 Å². The fourth-order valence-electron chi connectivity index (χ4n) is 5.04. The maximum absolute atomic E-state index is 12.7. The largest absolute Gasteiger partial charge is 0.322 e. The number of nitrogens with zero attached hydrogens (tertiary/aromatic N) is 4. The van der Waals surface area contributed by atoms with Crippen molar-refractivity contribution in [1.82, 2.24) is 19.8 Å². The van der Waals surface area contributed by atoms with E-state index in [1.54, 1.807) is 16.8 Å². The summed E-state index contributed by atoms with van der Waals surface area (Å²) in [6.45, 7) is 8.84. The third-order valence-corrected chi connectivity index (χ3v) is 9.04. The van der Waals surface area contributed by atoms with Gasteiger partial charge in [-0.3, -0.25) is 20.0 Å². The van der Waals surface area contributed by atoms with Crippen LogP contribution in [0.3, 0.4) is 0 Å². The van der Waals surface area contributed by atoms with E-state index in [4.69, 9.17) is 21.7 Å². The Kier molecular flexibility index (Phi) is 11.9. The smallest absolute Gasteiger partial charge is 0.288 e. The highest BCUT2D eigenvalue weighted by Crippen LogP contribution is 2.36. The summed E-state index contributed by atoms with van der Waals surface area (Å²) in [5.74, 6) is 1.16. The molecule has 0 aliphatic heterocycles. The van der Waals surface area contributed by atoms with Crippen LogP contribution in [-0.2, 0) is 5.41 Å². The van der Waals surface area contributed by atoms with Crippen LogP contribution in [0.4, 0.5) is 11.4 Å². The first kappa shape index (κ1) is 33.5. The van der Waals surface area contributed by atoms with Crippen molar-refractivity contribution in [3.8, 4) is 11.4 Å². The van der Waals surface area contributed by atoms with E-state index in [-0.39, 0.29) is 21.7 Å². The van der Waals surface area contributed by atoms with Gasteiger partial charge >= 0.3 is 0 Å². The number of amides is 1. The van der Waals surface area contributed by atoms with Crippen molar-refractivity contribution in [2.75, 3.05) is 11.1 Å². The number of H-pyrrole nitrogens is 1. The predicted octanol–water partition coefficient (Wildman–Crippen LogP) is 9.85. The normalized spacial score (nSPS) is 11.8. The van der Waals surface area contributed by atoms with Crippen molar-refractivity contribution in [2.24, 2.45) is 0 Å². The van der Waals surface area contributed by atoms with Gasteiger partial charge in [-0.15, -0.1) is 16.9 Å². The standard InChI is InChI=1S/C33H43ClN6O3S/c1-5-6-7-8-9-10-11-12-13-14-21-44-28-29(33(2,3)4)37-39-31(28)36-30(38-39)23-15-18-25(19-16-23)35-32(41)24-17-20-26(34)27(22-24)40(42)43/h15-20,22,37H,5-14,21H2,1-4H3,(H,35,41). The molecule has 2 heterocycles. The number of carbonyl (C=O) groups is 1. The number of halogens is 1. The number of nitro groups is 1. The van der Waals surface area contributed by atoms with Crippen molar-refractivity contribution >= 4 is 46.3 Å². The molecule has 4 rings (SSSR count). The number of fused-ring (bicyclic) bond motifs is 1. The number of nitro benzene ring substituents is 1. The summed E-state index contributed by atoms with van der Waals surface area (Å²) in [6, 6.07) is 11.2. The number of anilines is 1. The number of nitrogens with one attached hydrogen (secondary N) is 2. The third kappa shape index (κ3) is 8.85. The highest BCUT2D eigenvalue weighted by atomic mass is 35.5. The number of aromatic amines is 1. The Hall–Kier alpha value is -3.37. The second kappa shape index (κ2) is 15.6. The van der Waals surface area contributed by atoms with Crippen molar-refractivity contribution in [1.29, 1.82) is 0 Å². The second-order valence-electron chi connectivity index (χ2n) is 12.2. The van der Waals surface area contributed by atoms with Gasteiger partial charge in [0.15, 0.2) is 11.5 Å². The molecule has 2 aromatic heterocycles. The number of aromatic nitrogens is 4. The molecule has 0 aliphatic rings. The maximum atomic E-state index is 12.7. The molecule has 9 nitrogen and oxygen atoms in total. The molecular weight excluding hydrogens is 596 g/mol. The molecule has 236 valence electrons. The zero-order chi connectivity index (χ0) is 31.7. The van der Waals surface area contributed by atoms with E-state index >= 15 is 0 Å². The molecule has 2 N–H and O–H groups in total. The minimum absolute atomic E-state index is 0.0188. The molecule has 0 unspecified atom stereocenters. The first-order valence-corrected chi connectivity index (χ1v) is 16.9. The molecule has 4 aromatic rings. The zero-order valence-corrected chi connectivity index (χ0v) is 27.7. The van der Waals surface area contributed by atoms with Crippen LogP contribution in [0.25, 0.3) is 17.0 Å². The molecule has 0 saturated carbocycles. The van der Waals surface area contributed by atoms with Gasteiger partial charge in [0.25, 0.3) is 11.6 Å². The summed E-state index contributed by atoms with van der Waals surface area (Å²) in [5.41, 5.74) is 3.07. The summed E-state index contributed by atoms with van der Waals surface area (Å²) >= 11 is 7.72. The van der Waals surface area contributed by atoms with Gasteiger partial charge < -0.3 is 5.32 Å². The lowest BCUT2D eigenvalue weighted by Crippen LogP contribution is -2.13. The number of unbranched alkanes of at least 4 members (excludes halogenated alkanes) is 9. The average Bonchev–Trinajstić information content (AvgIpc) is 3.55. The van der Waals surface area contributed by atoms with Crippen molar-refractivity contribution < 1.29 is 9.72 Å². The van der Waals surface area contributed by atoms with Gasteiger partial charge in [0.05, 0.1) is 15.5 Å². The van der Waals surface area contributed by atoms with Crippen LogP contribution in [0, 0.1) is 10.1 Å². The molecule has 0 saturated heterocycles. The first-order chi connectivity index (χ1) is 21.1. The van der Waals surface area contributed by atoms with Gasteiger partial charge in [-0.05, 0) is 48.6 Å². The van der Waals surface area contributed by atoms with Gasteiger partial charge in [-0.25, -0.2) is 4.98 Å². The molecular formula is C33H43ClN6O3S. The zero-order valence-electron chi connectivity index (χ0n) is 26.1. The molecule has 0 aliphatic carbocycles. The summed E-state index contributed by atoms with van der Waals surface area (Å²) < 4.78 is 1.76. The van der Waals surface area contributed by atoms with E-state index in [9.17, 15) is 14.9 Å². The number of benzene rings is 2. The van der Waals surface area contributed by atoms with Crippen LogP contribution < -0.4 is 5.32 Å². The summed E-state index contributed by atoms with van der Waals surface area (Å²) in [7, 11) is 0. The fourth-order valence-corrected chi connectivity index (χ4v) is 6.53.